The second-order valence-corrected chi connectivity index (χ2v) is 6.25. The van der Waals surface area contributed by atoms with Crippen molar-refractivity contribution in [2.45, 2.75) is 25.5 Å². The topological polar surface area (TPSA) is 137 Å². The molecule has 2 amide bonds. The molecule has 0 spiro atoms. The van der Waals surface area contributed by atoms with Crippen LogP contribution < -0.4 is 20.5 Å². The van der Waals surface area contributed by atoms with Gasteiger partial charge in [0.15, 0.2) is 5.17 Å². The number of carbonyl (C=O) groups excluding carboxylic acids is 4. The summed E-state index contributed by atoms with van der Waals surface area (Å²) in [5, 5.41) is 2.00. The molecule has 0 saturated carbocycles. The van der Waals surface area contributed by atoms with Gasteiger partial charge in [0, 0.05) is 44.2 Å². The first-order chi connectivity index (χ1) is 11.7. The number of carbonyl (C=O) groups is 4. The van der Waals surface area contributed by atoms with Crippen LogP contribution in [0.5, 0.6) is 11.5 Å². The van der Waals surface area contributed by atoms with E-state index in [1.54, 1.807) is 0 Å². The predicted molar refractivity (Wildman–Crippen MR) is 90.3 cm³/mol. The second-order valence-electron chi connectivity index (χ2n) is 5.03. The Bertz CT molecular complexity index is 742. The molecule has 1 heterocycles. The van der Waals surface area contributed by atoms with Crippen LogP contribution in [0.25, 0.3) is 0 Å². The Hall–Kier alpha value is -2.88. The Morgan fingerprint density at radius 2 is 1.72 bits per heavy atom. The third-order valence-electron chi connectivity index (χ3n) is 2.82. The average molecular weight is 365 g/mol. The Labute approximate surface area is 146 Å². The molecule has 0 radical (unpaired) electrons. The van der Waals surface area contributed by atoms with Gasteiger partial charge in [0.05, 0.1) is 0 Å². The molecule has 132 valence electrons. The molecule has 10 heteroatoms. The van der Waals surface area contributed by atoms with Crippen molar-refractivity contribution >= 4 is 46.4 Å². The van der Waals surface area contributed by atoms with Gasteiger partial charge in [0.25, 0.3) is 5.91 Å². The fourth-order valence-electron chi connectivity index (χ4n) is 2.01. The lowest BCUT2D eigenvalue weighted by molar-refractivity contribution is -0.132. The van der Waals surface area contributed by atoms with E-state index in [2.05, 4.69) is 10.3 Å². The molecule has 1 aromatic rings. The Morgan fingerprint density at radius 3 is 2.16 bits per heavy atom. The minimum Gasteiger partial charge on any atom is -0.427 e. The first-order valence-corrected chi connectivity index (χ1v) is 7.97. The minimum atomic E-state index is -0.676. The molecule has 3 N–H and O–H groups in total. The van der Waals surface area contributed by atoms with Gasteiger partial charge >= 0.3 is 11.9 Å². The summed E-state index contributed by atoms with van der Waals surface area (Å²) in [5.41, 5.74) is 5.68. The molecule has 1 atom stereocenters. The molecule has 2 rings (SSSR count). The van der Waals surface area contributed by atoms with Crippen molar-refractivity contribution < 1.29 is 28.7 Å². The van der Waals surface area contributed by atoms with E-state index >= 15 is 0 Å². The molecule has 0 saturated heterocycles. The van der Waals surface area contributed by atoms with Gasteiger partial charge in [-0.1, -0.05) is 11.8 Å². The van der Waals surface area contributed by atoms with Gasteiger partial charge in [-0.05, 0) is 0 Å². The number of benzene rings is 1. The lowest BCUT2D eigenvalue weighted by atomic mass is 10.2. The summed E-state index contributed by atoms with van der Waals surface area (Å²) in [5.74, 6) is -1.88. The fourth-order valence-corrected chi connectivity index (χ4v) is 2.83. The summed E-state index contributed by atoms with van der Waals surface area (Å²) >= 11 is 1.01. The highest BCUT2D eigenvalue weighted by Gasteiger charge is 2.29. The van der Waals surface area contributed by atoms with E-state index in [0.29, 0.717) is 0 Å². The van der Waals surface area contributed by atoms with Gasteiger partial charge in [-0.2, -0.15) is 4.99 Å². The third kappa shape index (κ3) is 5.60. The molecule has 0 aliphatic carbocycles. The van der Waals surface area contributed by atoms with Crippen molar-refractivity contribution in [3.63, 3.8) is 0 Å². The zero-order valence-corrected chi connectivity index (χ0v) is 14.2. The van der Waals surface area contributed by atoms with Crippen LogP contribution in [0.1, 0.15) is 20.3 Å². The number of ether oxygens (including phenoxy) is 2. The van der Waals surface area contributed by atoms with Gasteiger partial charge < -0.3 is 20.5 Å². The van der Waals surface area contributed by atoms with Crippen LogP contribution in [0.4, 0.5) is 5.69 Å². The number of anilines is 1. The van der Waals surface area contributed by atoms with Crippen molar-refractivity contribution in [2.75, 3.05) is 5.32 Å². The van der Waals surface area contributed by atoms with Crippen LogP contribution in [-0.2, 0) is 19.2 Å². The number of nitrogens with one attached hydrogen (secondary N) is 1. The van der Waals surface area contributed by atoms with Crippen molar-refractivity contribution in [3.8, 4) is 11.5 Å². The standard InChI is InChI=1S/C15H15N3O6S/c1-7(19)23-10-3-9(4-11(5-10)24-8(2)20)17-13(21)6-12-14(22)18-15(16)25-12/h3-5,12H,6H2,1-2H3,(H,17,21)(H2,16,18,22). The molecule has 9 nitrogen and oxygen atoms in total. The summed E-state index contributed by atoms with van der Waals surface area (Å²) < 4.78 is 9.90. The molecular weight excluding hydrogens is 350 g/mol. The third-order valence-corrected chi connectivity index (χ3v) is 3.80. The van der Waals surface area contributed by atoms with Gasteiger partial charge in [-0.25, -0.2) is 0 Å². The number of aliphatic imine (C=N–C) groups is 1. The Balaban J connectivity index is 2.11. The number of thioether (sulfide) groups is 1. The number of nitrogens with two attached hydrogens (primary N) is 1. The van der Waals surface area contributed by atoms with Gasteiger partial charge in [-0.15, -0.1) is 0 Å². The summed E-state index contributed by atoms with van der Waals surface area (Å²) in [6.45, 7) is 2.42. The van der Waals surface area contributed by atoms with Crippen LogP contribution in [0, 0.1) is 0 Å². The van der Waals surface area contributed by atoms with E-state index in [0.717, 1.165) is 11.8 Å². The summed E-state index contributed by atoms with van der Waals surface area (Å²) in [4.78, 5) is 49.4. The molecule has 1 aliphatic rings. The first kappa shape index (κ1) is 18.5. The van der Waals surface area contributed by atoms with Gasteiger partial charge in [0.1, 0.15) is 16.7 Å². The maximum Gasteiger partial charge on any atom is 0.308 e. The quantitative estimate of drug-likeness (QED) is 0.578. The van der Waals surface area contributed by atoms with Crippen LogP contribution in [0.15, 0.2) is 23.2 Å². The normalized spacial score (nSPS) is 16.2. The second kappa shape index (κ2) is 7.79. The van der Waals surface area contributed by atoms with E-state index in [9.17, 15) is 19.2 Å². The van der Waals surface area contributed by atoms with E-state index in [1.807, 2.05) is 0 Å². The molecule has 1 aromatic carbocycles. The molecule has 0 bridgehead atoms. The molecule has 0 aromatic heterocycles. The monoisotopic (exact) mass is 365 g/mol. The van der Waals surface area contributed by atoms with Gasteiger partial charge in [-0.3, -0.25) is 19.2 Å². The SMILES string of the molecule is CC(=O)Oc1cc(NC(=O)CC2SC(N)=NC2=O)cc(OC(C)=O)c1. The zero-order valence-electron chi connectivity index (χ0n) is 13.4. The predicted octanol–water partition coefficient (Wildman–Crippen LogP) is 0.822. The number of amides is 2. The summed E-state index contributed by atoms with van der Waals surface area (Å²) in [6.07, 6.45) is -0.131. The van der Waals surface area contributed by atoms with E-state index in [-0.39, 0.29) is 28.8 Å². The van der Waals surface area contributed by atoms with E-state index in [4.69, 9.17) is 15.2 Å². The molecule has 25 heavy (non-hydrogen) atoms. The fraction of sp³-hybridized carbons (Fsp3) is 0.267. The lowest BCUT2D eigenvalue weighted by Gasteiger charge is -2.11. The minimum absolute atomic E-state index is 0.0976. The number of esters is 2. The molecule has 1 unspecified atom stereocenters. The number of hydrogen-bond acceptors (Lipinski definition) is 8. The van der Waals surface area contributed by atoms with Crippen molar-refractivity contribution in [1.82, 2.24) is 0 Å². The molecular formula is C15H15N3O6S. The molecule has 0 fully saturated rings. The highest BCUT2D eigenvalue weighted by molar-refractivity contribution is 8.15. The zero-order chi connectivity index (χ0) is 18.6. The Kier molecular flexibility index (Phi) is 5.75. The largest absolute Gasteiger partial charge is 0.427 e. The van der Waals surface area contributed by atoms with E-state index < -0.39 is 29.0 Å². The molecule has 1 aliphatic heterocycles. The maximum absolute atomic E-state index is 12.1. The number of amidine groups is 1. The number of rotatable bonds is 5. The van der Waals surface area contributed by atoms with Gasteiger partial charge in [0.2, 0.25) is 5.91 Å². The summed E-state index contributed by atoms with van der Waals surface area (Å²) in [7, 11) is 0. The lowest BCUT2D eigenvalue weighted by Crippen LogP contribution is -2.21. The van der Waals surface area contributed by atoms with Crippen LogP contribution in [0.3, 0.4) is 0 Å². The van der Waals surface area contributed by atoms with Crippen LogP contribution in [0.2, 0.25) is 0 Å². The smallest absolute Gasteiger partial charge is 0.308 e. The summed E-state index contributed by atoms with van der Waals surface area (Å²) in [6, 6.07) is 4.12. The van der Waals surface area contributed by atoms with Crippen molar-refractivity contribution in [3.05, 3.63) is 18.2 Å². The van der Waals surface area contributed by atoms with E-state index in [1.165, 1.54) is 32.0 Å². The first-order valence-electron chi connectivity index (χ1n) is 7.09. The highest BCUT2D eigenvalue weighted by Crippen LogP contribution is 2.28. The van der Waals surface area contributed by atoms with Crippen LogP contribution in [-0.4, -0.2) is 34.2 Å². The maximum atomic E-state index is 12.1. The Morgan fingerprint density at radius 1 is 1.16 bits per heavy atom. The van der Waals surface area contributed by atoms with Crippen molar-refractivity contribution in [2.24, 2.45) is 10.7 Å². The van der Waals surface area contributed by atoms with Crippen molar-refractivity contribution in [1.29, 1.82) is 0 Å². The highest BCUT2D eigenvalue weighted by atomic mass is 32.2. The number of nitrogens with zero attached hydrogens (tertiary/aromatic N) is 1. The average Bonchev–Trinajstić information content (AvgIpc) is 2.74. The number of hydrogen-bond donors (Lipinski definition) is 2. The van der Waals surface area contributed by atoms with Crippen LogP contribution >= 0.6 is 11.8 Å².